The van der Waals surface area contributed by atoms with Gasteiger partial charge < -0.3 is 10.1 Å². The topological polar surface area (TPSA) is 34.1 Å². The number of halogens is 1. The van der Waals surface area contributed by atoms with E-state index in [4.69, 9.17) is 4.74 Å². The fourth-order valence-electron chi connectivity index (χ4n) is 1.63. The van der Waals surface area contributed by atoms with E-state index in [2.05, 4.69) is 10.3 Å². The fourth-order valence-corrected chi connectivity index (χ4v) is 1.63. The summed E-state index contributed by atoms with van der Waals surface area (Å²) in [6.07, 6.45) is 3.31. The van der Waals surface area contributed by atoms with Crippen molar-refractivity contribution in [3.8, 4) is 11.5 Å². The second-order valence-corrected chi connectivity index (χ2v) is 4.58. The van der Waals surface area contributed by atoms with Crippen LogP contribution in [0.1, 0.15) is 19.4 Å². The minimum Gasteiger partial charge on any atom is -0.455 e. The van der Waals surface area contributed by atoms with Crippen LogP contribution in [0.25, 0.3) is 0 Å². The van der Waals surface area contributed by atoms with Gasteiger partial charge in [0.25, 0.3) is 0 Å². The van der Waals surface area contributed by atoms with E-state index in [1.54, 1.807) is 24.5 Å². The van der Waals surface area contributed by atoms with Crippen LogP contribution < -0.4 is 10.1 Å². The van der Waals surface area contributed by atoms with Gasteiger partial charge in [0.15, 0.2) is 0 Å². The summed E-state index contributed by atoms with van der Waals surface area (Å²) in [5.74, 6) is 1.02. The van der Waals surface area contributed by atoms with E-state index >= 15 is 0 Å². The van der Waals surface area contributed by atoms with Gasteiger partial charge in [-0.15, -0.1) is 0 Å². The van der Waals surface area contributed by atoms with Crippen molar-refractivity contribution in [3.05, 3.63) is 54.1 Å². The first kappa shape index (κ1) is 13.5. The van der Waals surface area contributed by atoms with Crippen LogP contribution in [0.3, 0.4) is 0 Å². The summed E-state index contributed by atoms with van der Waals surface area (Å²) in [4.78, 5) is 3.99. The molecule has 0 fully saturated rings. The Hall–Kier alpha value is -1.94. The number of ether oxygens (including phenoxy) is 1. The van der Waals surface area contributed by atoms with Crippen molar-refractivity contribution in [2.75, 3.05) is 0 Å². The number of benzene rings is 1. The highest BCUT2D eigenvalue weighted by molar-refractivity contribution is 5.37. The summed E-state index contributed by atoms with van der Waals surface area (Å²) in [7, 11) is 0. The van der Waals surface area contributed by atoms with Gasteiger partial charge in [0, 0.05) is 24.3 Å². The van der Waals surface area contributed by atoms with Crippen LogP contribution in [-0.4, -0.2) is 11.0 Å². The first-order chi connectivity index (χ1) is 9.15. The number of pyridine rings is 1. The van der Waals surface area contributed by atoms with E-state index in [0.717, 1.165) is 5.56 Å². The number of aromatic nitrogens is 1. The van der Waals surface area contributed by atoms with E-state index in [1.807, 2.05) is 19.9 Å². The SMILES string of the molecule is CC(C)NCc1cc(F)ccc1Oc1cccnc1. The molecule has 1 heterocycles. The molecule has 0 aliphatic rings. The third-order valence-corrected chi connectivity index (χ3v) is 2.59. The van der Waals surface area contributed by atoms with Gasteiger partial charge >= 0.3 is 0 Å². The molecular formula is C15H17FN2O. The van der Waals surface area contributed by atoms with Gasteiger partial charge in [0.1, 0.15) is 17.3 Å². The predicted octanol–water partition coefficient (Wildman–Crippen LogP) is 3.51. The summed E-state index contributed by atoms with van der Waals surface area (Å²) in [5.41, 5.74) is 0.789. The number of nitrogens with one attached hydrogen (secondary N) is 1. The first-order valence-electron chi connectivity index (χ1n) is 6.25. The molecule has 1 N–H and O–H groups in total. The standard InChI is InChI=1S/C15H17FN2O/c1-11(2)18-9-12-8-13(16)5-6-15(12)19-14-4-3-7-17-10-14/h3-8,10-11,18H,9H2,1-2H3. The number of nitrogens with zero attached hydrogens (tertiary/aromatic N) is 1. The molecule has 0 saturated carbocycles. The van der Waals surface area contributed by atoms with Crippen molar-refractivity contribution in [2.24, 2.45) is 0 Å². The molecule has 2 aromatic rings. The maximum absolute atomic E-state index is 13.3. The van der Waals surface area contributed by atoms with Gasteiger partial charge in [-0.3, -0.25) is 4.98 Å². The Balaban J connectivity index is 2.19. The zero-order valence-electron chi connectivity index (χ0n) is 11.1. The van der Waals surface area contributed by atoms with Crippen molar-refractivity contribution in [1.82, 2.24) is 10.3 Å². The largest absolute Gasteiger partial charge is 0.455 e. The third-order valence-electron chi connectivity index (χ3n) is 2.59. The average Bonchev–Trinajstić information content (AvgIpc) is 2.40. The molecule has 0 radical (unpaired) electrons. The molecule has 3 nitrogen and oxygen atoms in total. The molecular weight excluding hydrogens is 243 g/mol. The molecule has 0 unspecified atom stereocenters. The van der Waals surface area contributed by atoms with E-state index in [9.17, 15) is 4.39 Å². The van der Waals surface area contributed by atoms with Crippen LogP contribution >= 0.6 is 0 Å². The zero-order chi connectivity index (χ0) is 13.7. The molecule has 0 atom stereocenters. The second-order valence-electron chi connectivity index (χ2n) is 4.58. The highest BCUT2D eigenvalue weighted by atomic mass is 19.1. The van der Waals surface area contributed by atoms with Crippen molar-refractivity contribution in [3.63, 3.8) is 0 Å². The van der Waals surface area contributed by atoms with Crippen molar-refractivity contribution in [2.45, 2.75) is 26.4 Å². The lowest BCUT2D eigenvalue weighted by Gasteiger charge is -2.13. The Morgan fingerprint density at radius 3 is 2.84 bits per heavy atom. The number of hydrogen-bond acceptors (Lipinski definition) is 3. The molecule has 0 saturated heterocycles. The Bertz CT molecular complexity index is 529. The molecule has 100 valence electrons. The van der Waals surface area contributed by atoms with Crippen molar-refractivity contribution >= 4 is 0 Å². The van der Waals surface area contributed by atoms with Crippen molar-refractivity contribution in [1.29, 1.82) is 0 Å². The maximum Gasteiger partial charge on any atom is 0.145 e. The summed E-state index contributed by atoms with van der Waals surface area (Å²) in [5, 5.41) is 3.25. The second kappa shape index (κ2) is 6.29. The van der Waals surface area contributed by atoms with Crippen LogP contribution in [0.5, 0.6) is 11.5 Å². The van der Waals surface area contributed by atoms with E-state index in [1.165, 1.54) is 12.1 Å². The Labute approximate surface area is 112 Å². The minimum absolute atomic E-state index is 0.265. The molecule has 4 heteroatoms. The molecule has 0 spiro atoms. The predicted molar refractivity (Wildman–Crippen MR) is 72.7 cm³/mol. The van der Waals surface area contributed by atoms with Crippen LogP contribution in [0.2, 0.25) is 0 Å². The van der Waals surface area contributed by atoms with Crippen LogP contribution in [-0.2, 0) is 6.54 Å². The summed E-state index contributed by atoms with van der Waals surface area (Å²) in [6.45, 7) is 4.65. The highest BCUT2D eigenvalue weighted by Gasteiger charge is 2.07. The quantitative estimate of drug-likeness (QED) is 0.893. The minimum atomic E-state index is -0.265. The summed E-state index contributed by atoms with van der Waals surface area (Å²) >= 11 is 0. The van der Waals surface area contributed by atoms with Crippen LogP contribution in [0.4, 0.5) is 4.39 Å². The van der Waals surface area contributed by atoms with Gasteiger partial charge in [-0.2, -0.15) is 0 Å². The summed E-state index contributed by atoms with van der Waals surface area (Å²) in [6, 6.07) is 8.46. The van der Waals surface area contributed by atoms with E-state index in [-0.39, 0.29) is 5.82 Å². The number of hydrogen-bond donors (Lipinski definition) is 1. The summed E-state index contributed by atoms with van der Waals surface area (Å²) < 4.78 is 19.0. The van der Waals surface area contributed by atoms with Gasteiger partial charge in [-0.05, 0) is 30.3 Å². The Kier molecular flexibility index (Phi) is 4.47. The molecule has 1 aromatic carbocycles. The zero-order valence-corrected chi connectivity index (χ0v) is 11.1. The maximum atomic E-state index is 13.3. The molecule has 0 amide bonds. The van der Waals surface area contributed by atoms with E-state index in [0.29, 0.717) is 24.1 Å². The van der Waals surface area contributed by atoms with Gasteiger partial charge in [0.2, 0.25) is 0 Å². The third kappa shape index (κ3) is 4.03. The lowest BCUT2D eigenvalue weighted by atomic mass is 10.2. The Morgan fingerprint density at radius 1 is 1.32 bits per heavy atom. The normalized spacial score (nSPS) is 10.7. The smallest absolute Gasteiger partial charge is 0.145 e. The monoisotopic (exact) mass is 260 g/mol. The molecule has 0 aliphatic carbocycles. The average molecular weight is 260 g/mol. The lowest BCUT2D eigenvalue weighted by Crippen LogP contribution is -2.22. The first-order valence-corrected chi connectivity index (χ1v) is 6.25. The van der Waals surface area contributed by atoms with Gasteiger partial charge in [-0.25, -0.2) is 4.39 Å². The molecule has 0 bridgehead atoms. The molecule has 2 rings (SSSR count). The van der Waals surface area contributed by atoms with Gasteiger partial charge in [-0.1, -0.05) is 13.8 Å². The van der Waals surface area contributed by atoms with Crippen molar-refractivity contribution < 1.29 is 9.13 Å². The lowest BCUT2D eigenvalue weighted by molar-refractivity contribution is 0.464. The van der Waals surface area contributed by atoms with Crippen LogP contribution in [0.15, 0.2) is 42.7 Å². The fraction of sp³-hybridized carbons (Fsp3) is 0.267. The highest BCUT2D eigenvalue weighted by Crippen LogP contribution is 2.25. The number of rotatable bonds is 5. The Morgan fingerprint density at radius 2 is 2.16 bits per heavy atom. The molecule has 19 heavy (non-hydrogen) atoms. The molecule has 1 aromatic heterocycles. The van der Waals surface area contributed by atoms with Crippen LogP contribution in [0, 0.1) is 5.82 Å². The molecule has 0 aliphatic heterocycles. The van der Waals surface area contributed by atoms with E-state index < -0.39 is 0 Å². The van der Waals surface area contributed by atoms with Gasteiger partial charge in [0.05, 0.1) is 6.20 Å².